The normalized spacial score (nSPS) is 11.5. The van der Waals surface area contributed by atoms with Gasteiger partial charge in [-0.05, 0) is 19.1 Å². The summed E-state index contributed by atoms with van der Waals surface area (Å²) in [5, 5.41) is 11.0. The van der Waals surface area contributed by atoms with Gasteiger partial charge in [-0.15, -0.1) is 0 Å². The quantitative estimate of drug-likeness (QED) is 0.685. The average molecular weight is 307 g/mol. The lowest BCUT2D eigenvalue weighted by molar-refractivity contribution is -0.132. The average Bonchev–Trinajstić information content (AvgIpc) is 2.48. The first-order valence-electron chi connectivity index (χ1n) is 6.25. The molecule has 2 rings (SSSR count). The van der Waals surface area contributed by atoms with Crippen molar-refractivity contribution in [3.05, 3.63) is 40.4 Å². The number of halogens is 1. The van der Waals surface area contributed by atoms with Crippen LogP contribution < -0.4 is 9.47 Å². The highest BCUT2D eigenvalue weighted by Crippen LogP contribution is 2.44. The van der Waals surface area contributed by atoms with Crippen LogP contribution in [0.2, 0.25) is 5.02 Å². The minimum Gasteiger partial charge on any atom is -0.495 e. The highest BCUT2D eigenvalue weighted by atomic mass is 35.5. The van der Waals surface area contributed by atoms with E-state index >= 15 is 0 Å². The summed E-state index contributed by atoms with van der Waals surface area (Å²) < 4.78 is 10.8. The van der Waals surface area contributed by atoms with Gasteiger partial charge < -0.3 is 9.84 Å². The van der Waals surface area contributed by atoms with Gasteiger partial charge in [-0.1, -0.05) is 29.8 Å². The molecule has 0 unspecified atom stereocenters. The Bertz CT molecular complexity index is 735. The van der Waals surface area contributed by atoms with Crippen LogP contribution in [-0.2, 0) is 4.79 Å². The van der Waals surface area contributed by atoms with Gasteiger partial charge in [0.25, 0.3) is 7.11 Å². The van der Waals surface area contributed by atoms with E-state index in [4.69, 9.17) is 26.2 Å². The van der Waals surface area contributed by atoms with E-state index in [9.17, 15) is 4.79 Å². The molecule has 0 aliphatic rings. The summed E-state index contributed by atoms with van der Waals surface area (Å²) in [6.45, 7) is 1.50. The Kier molecular flexibility index (Phi) is 4.38. The largest absolute Gasteiger partial charge is 0.495 e. The molecule has 0 aromatic heterocycles. The molecule has 0 bridgehead atoms. The van der Waals surface area contributed by atoms with E-state index in [1.54, 1.807) is 0 Å². The van der Waals surface area contributed by atoms with E-state index in [-0.39, 0.29) is 5.57 Å². The molecule has 1 radical (unpaired) electrons. The van der Waals surface area contributed by atoms with Crippen LogP contribution in [0.25, 0.3) is 16.8 Å². The van der Waals surface area contributed by atoms with Crippen molar-refractivity contribution in [2.24, 2.45) is 0 Å². The lowest BCUT2D eigenvalue weighted by Crippen LogP contribution is -1.99. The zero-order chi connectivity index (χ0) is 15.6. The van der Waals surface area contributed by atoms with Crippen LogP contribution in [0.4, 0.5) is 0 Å². The number of aliphatic carboxylic acids is 1. The Labute approximate surface area is 127 Å². The van der Waals surface area contributed by atoms with Crippen molar-refractivity contribution in [2.45, 2.75) is 6.92 Å². The topological polar surface area (TPSA) is 57.8 Å². The van der Waals surface area contributed by atoms with Crippen molar-refractivity contribution >= 4 is 34.4 Å². The Morgan fingerprint density at radius 3 is 2.48 bits per heavy atom. The van der Waals surface area contributed by atoms with Crippen LogP contribution in [0.1, 0.15) is 12.5 Å². The van der Waals surface area contributed by atoms with Gasteiger partial charge in [-0.3, -0.25) is 4.74 Å². The van der Waals surface area contributed by atoms with Gasteiger partial charge in [0, 0.05) is 16.5 Å². The van der Waals surface area contributed by atoms with Gasteiger partial charge in [-0.25, -0.2) is 4.79 Å². The summed E-state index contributed by atoms with van der Waals surface area (Å²) in [5.74, 6) is 0.00903. The smallest absolute Gasteiger partial charge is 0.370 e. The van der Waals surface area contributed by atoms with Crippen molar-refractivity contribution < 1.29 is 19.4 Å². The van der Waals surface area contributed by atoms with Crippen molar-refractivity contribution in [2.75, 3.05) is 14.2 Å². The van der Waals surface area contributed by atoms with E-state index < -0.39 is 5.97 Å². The number of ether oxygens (including phenoxy) is 2. The Morgan fingerprint density at radius 2 is 1.95 bits per heavy atom. The second kappa shape index (κ2) is 6.06. The number of rotatable bonds is 4. The molecule has 4 nitrogen and oxygen atoms in total. The number of benzene rings is 2. The van der Waals surface area contributed by atoms with Crippen molar-refractivity contribution in [1.29, 1.82) is 0 Å². The number of hydrogen-bond donors (Lipinski definition) is 1. The summed E-state index contributed by atoms with van der Waals surface area (Å²) >= 11 is 6.38. The Hall–Kier alpha value is -2.20. The molecule has 0 fully saturated rings. The SMILES string of the molecule is COc1c(/C=C(/C)C(=O)O)c(Cl)c([O+]C)c2ccccc12. The molecule has 0 atom stereocenters. The minimum absolute atomic E-state index is 0.160. The standard InChI is InChI=1S/C16H15ClO4/c1-9(16(18)19)8-12-13(17)15(21-3)11-7-5-4-6-10(11)14(12)20-2/h4-8H,1-3H3,(H,18,19)/q+1/b9-8-. The molecule has 0 aliphatic heterocycles. The lowest BCUT2D eigenvalue weighted by atomic mass is 10.0. The van der Waals surface area contributed by atoms with E-state index in [2.05, 4.69) is 0 Å². The summed E-state index contributed by atoms with van der Waals surface area (Å²) in [4.78, 5) is 11.0. The number of carboxylic acid groups (broad SMARTS) is 1. The molecule has 1 N–H and O–H groups in total. The minimum atomic E-state index is -1.01. The first-order chi connectivity index (χ1) is 10.0. The van der Waals surface area contributed by atoms with Gasteiger partial charge in [0.15, 0.2) is 5.02 Å². The lowest BCUT2D eigenvalue weighted by Gasteiger charge is -2.11. The zero-order valence-electron chi connectivity index (χ0n) is 11.9. The van der Waals surface area contributed by atoms with Crippen LogP contribution >= 0.6 is 11.6 Å². The van der Waals surface area contributed by atoms with Gasteiger partial charge in [0.05, 0.1) is 12.5 Å². The van der Waals surface area contributed by atoms with E-state index in [1.165, 1.54) is 27.2 Å². The highest BCUT2D eigenvalue weighted by Gasteiger charge is 2.25. The summed E-state index contributed by atoms with van der Waals surface area (Å²) in [5.41, 5.74) is 0.655. The van der Waals surface area contributed by atoms with Crippen LogP contribution in [0.15, 0.2) is 29.8 Å². The number of fused-ring (bicyclic) bond motifs is 1. The second-order valence-corrected chi connectivity index (χ2v) is 4.85. The molecule has 2 aromatic rings. The van der Waals surface area contributed by atoms with E-state index in [0.717, 1.165) is 10.8 Å². The third-order valence-corrected chi connectivity index (χ3v) is 3.58. The van der Waals surface area contributed by atoms with Gasteiger partial charge in [0.2, 0.25) is 0 Å². The number of carbonyl (C=O) groups is 1. The van der Waals surface area contributed by atoms with Crippen LogP contribution in [0, 0.1) is 0 Å². The summed E-state index contributed by atoms with van der Waals surface area (Å²) in [6, 6.07) is 7.49. The molecule has 0 saturated heterocycles. The molecule has 0 spiro atoms. The predicted octanol–water partition coefficient (Wildman–Crippen LogP) is 4.00. The monoisotopic (exact) mass is 306 g/mol. The van der Waals surface area contributed by atoms with Crippen LogP contribution in [0.3, 0.4) is 0 Å². The fraction of sp³-hybridized carbons (Fsp3) is 0.188. The fourth-order valence-corrected chi connectivity index (χ4v) is 2.51. The molecule has 5 heteroatoms. The first kappa shape index (κ1) is 15.2. The van der Waals surface area contributed by atoms with Crippen LogP contribution in [0.5, 0.6) is 11.5 Å². The Morgan fingerprint density at radius 1 is 1.33 bits per heavy atom. The number of methoxy groups -OCH3 is 2. The first-order valence-corrected chi connectivity index (χ1v) is 6.62. The van der Waals surface area contributed by atoms with Crippen molar-refractivity contribution in [3.63, 3.8) is 0 Å². The summed E-state index contributed by atoms with van der Waals surface area (Å²) in [6.07, 6.45) is 1.48. The maximum atomic E-state index is 11.0. The fourth-order valence-electron chi connectivity index (χ4n) is 2.19. The molecular weight excluding hydrogens is 292 g/mol. The number of carboxylic acids is 1. The van der Waals surface area contributed by atoms with E-state index in [1.807, 2.05) is 24.3 Å². The molecule has 2 aromatic carbocycles. The second-order valence-electron chi connectivity index (χ2n) is 4.47. The van der Waals surface area contributed by atoms with Gasteiger partial charge >= 0.3 is 11.7 Å². The third-order valence-electron chi connectivity index (χ3n) is 3.20. The van der Waals surface area contributed by atoms with Crippen molar-refractivity contribution in [1.82, 2.24) is 0 Å². The maximum absolute atomic E-state index is 11.0. The van der Waals surface area contributed by atoms with E-state index in [0.29, 0.717) is 22.1 Å². The van der Waals surface area contributed by atoms with Crippen LogP contribution in [-0.4, -0.2) is 25.3 Å². The van der Waals surface area contributed by atoms with Crippen molar-refractivity contribution in [3.8, 4) is 11.5 Å². The zero-order valence-corrected chi connectivity index (χ0v) is 12.7. The number of hydrogen-bond acceptors (Lipinski definition) is 3. The molecular formula is C16H15ClO4+. The predicted molar refractivity (Wildman–Crippen MR) is 83.3 cm³/mol. The summed E-state index contributed by atoms with van der Waals surface area (Å²) in [7, 11) is 3.05. The molecule has 109 valence electrons. The highest BCUT2D eigenvalue weighted by molar-refractivity contribution is 6.35. The third kappa shape index (κ3) is 2.67. The molecule has 0 amide bonds. The Balaban J connectivity index is 2.90. The van der Waals surface area contributed by atoms with Gasteiger partial charge in [-0.2, -0.15) is 0 Å². The molecule has 0 heterocycles. The molecule has 0 aliphatic carbocycles. The maximum Gasteiger partial charge on any atom is 0.370 e. The molecule has 21 heavy (non-hydrogen) atoms. The molecule has 0 saturated carbocycles. The van der Waals surface area contributed by atoms with Gasteiger partial charge in [0.1, 0.15) is 5.75 Å².